The summed E-state index contributed by atoms with van der Waals surface area (Å²) in [7, 11) is 1.49. The number of halogens is 1. The van der Waals surface area contributed by atoms with Crippen LogP contribution in [0.15, 0.2) is 55.1 Å². The maximum absolute atomic E-state index is 14.4. The van der Waals surface area contributed by atoms with Crippen LogP contribution in [0.25, 0.3) is 11.3 Å². The number of pyridine rings is 1. The van der Waals surface area contributed by atoms with E-state index in [4.69, 9.17) is 10.5 Å². The minimum atomic E-state index is -0.472. The Morgan fingerprint density at radius 3 is 2.69 bits per heavy atom. The zero-order chi connectivity index (χ0) is 24.5. The predicted octanol–water partition coefficient (Wildman–Crippen LogP) is 3.31. The van der Waals surface area contributed by atoms with E-state index in [1.807, 2.05) is 12.1 Å². The van der Waals surface area contributed by atoms with E-state index in [-0.39, 0.29) is 11.9 Å². The van der Waals surface area contributed by atoms with Gasteiger partial charge in [0.25, 0.3) is 5.91 Å². The number of aromatic nitrogens is 5. The van der Waals surface area contributed by atoms with E-state index >= 15 is 0 Å². The number of nitrogens with zero attached hydrogens (tertiary/aromatic N) is 6. The normalized spacial score (nSPS) is 15.1. The summed E-state index contributed by atoms with van der Waals surface area (Å²) < 4.78 is 19.7. The van der Waals surface area contributed by atoms with E-state index in [1.54, 1.807) is 30.3 Å². The largest absolute Gasteiger partial charge is 0.480 e. The van der Waals surface area contributed by atoms with Crippen LogP contribution in [0.1, 0.15) is 38.9 Å². The number of carbonyl (C=O) groups is 1. The molecule has 0 fully saturated rings. The molecule has 9 nitrogen and oxygen atoms in total. The second-order valence-electron chi connectivity index (χ2n) is 8.18. The number of anilines is 1. The summed E-state index contributed by atoms with van der Waals surface area (Å²) in [6.07, 6.45) is 6.74. The number of carbonyl (C=O) groups excluding carboxylic acids is 1. The van der Waals surface area contributed by atoms with Gasteiger partial charge in [0, 0.05) is 30.9 Å². The molecule has 4 aromatic rings. The summed E-state index contributed by atoms with van der Waals surface area (Å²) >= 11 is 0. The van der Waals surface area contributed by atoms with Crippen LogP contribution in [-0.4, -0.2) is 42.8 Å². The maximum Gasteiger partial charge on any atom is 0.258 e. The summed E-state index contributed by atoms with van der Waals surface area (Å²) in [5, 5.41) is 0. The molecule has 4 heterocycles. The number of methoxy groups -OCH3 is 1. The highest BCUT2D eigenvalue weighted by Gasteiger charge is 2.37. The molecule has 0 bridgehead atoms. The number of amides is 1. The smallest absolute Gasteiger partial charge is 0.258 e. The van der Waals surface area contributed by atoms with Gasteiger partial charge >= 0.3 is 0 Å². The lowest BCUT2D eigenvalue weighted by Crippen LogP contribution is -2.41. The third-order valence-corrected chi connectivity index (χ3v) is 5.99. The second kappa shape index (κ2) is 9.05. The number of hydrogen-bond donors (Lipinski definition) is 1. The highest BCUT2D eigenvalue weighted by molar-refractivity contribution is 5.98. The third-order valence-electron chi connectivity index (χ3n) is 5.99. The molecule has 176 valence electrons. The first-order chi connectivity index (χ1) is 16.9. The number of nitrogens with two attached hydrogens (primary N) is 1. The van der Waals surface area contributed by atoms with Gasteiger partial charge in [-0.15, -0.1) is 0 Å². The third kappa shape index (κ3) is 4.25. The first-order valence-corrected chi connectivity index (χ1v) is 10.9. The number of ether oxygens (including phenoxy) is 1. The van der Waals surface area contributed by atoms with E-state index in [2.05, 4.69) is 24.9 Å². The van der Waals surface area contributed by atoms with Crippen LogP contribution >= 0.6 is 0 Å². The minimum absolute atomic E-state index is 0.105. The lowest BCUT2D eigenvalue weighted by molar-refractivity contribution is 0.0624. The highest BCUT2D eigenvalue weighted by Crippen LogP contribution is 2.39. The van der Waals surface area contributed by atoms with E-state index in [1.165, 1.54) is 31.6 Å². The number of fused-ring (bicyclic) bond motifs is 1. The lowest BCUT2D eigenvalue weighted by Gasteiger charge is -2.38. The van der Waals surface area contributed by atoms with Crippen LogP contribution in [0.4, 0.5) is 10.3 Å². The summed E-state index contributed by atoms with van der Waals surface area (Å²) in [5.41, 5.74) is 9.98. The van der Waals surface area contributed by atoms with Crippen molar-refractivity contribution in [1.82, 2.24) is 29.8 Å². The average Bonchev–Trinajstić information content (AvgIpc) is 2.86. The molecule has 0 unspecified atom stereocenters. The molecule has 5 rings (SSSR count). The molecule has 10 heteroatoms. The van der Waals surface area contributed by atoms with Gasteiger partial charge in [-0.1, -0.05) is 6.07 Å². The fraction of sp³-hybridized carbons (Fsp3) is 0.200. The maximum atomic E-state index is 14.4. The molecule has 0 saturated carbocycles. The van der Waals surface area contributed by atoms with Gasteiger partial charge in [0.1, 0.15) is 5.82 Å². The van der Waals surface area contributed by atoms with E-state index in [0.29, 0.717) is 52.6 Å². The van der Waals surface area contributed by atoms with Gasteiger partial charge in [-0.25, -0.2) is 19.3 Å². The Kier molecular flexibility index (Phi) is 5.77. The van der Waals surface area contributed by atoms with Crippen LogP contribution in [-0.2, 0) is 13.0 Å². The lowest BCUT2D eigenvalue weighted by atomic mass is 9.88. The molecular weight excluding hydrogens is 449 g/mol. The average molecular weight is 471 g/mol. The Balaban J connectivity index is 1.68. The molecule has 0 radical (unpaired) electrons. The van der Waals surface area contributed by atoms with Crippen LogP contribution in [0.5, 0.6) is 5.88 Å². The summed E-state index contributed by atoms with van der Waals surface area (Å²) in [6, 6.07) is 7.67. The summed E-state index contributed by atoms with van der Waals surface area (Å²) in [4.78, 5) is 36.8. The van der Waals surface area contributed by atoms with Gasteiger partial charge in [0.05, 0.1) is 48.2 Å². The molecule has 0 saturated heterocycles. The number of aryl methyl sites for hydroxylation is 1. The Bertz CT molecular complexity index is 1410. The minimum Gasteiger partial charge on any atom is -0.480 e. The fourth-order valence-corrected chi connectivity index (χ4v) is 4.42. The summed E-state index contributed by atoms with van der Waals surface area (Å²) in [6.45, 7) is 2.06. The standard InChI is InChI=1S/C25H22FN7O2/c1-14-23-19(32-25(27)30-14)10-21(33(24(23)34)13-15-5-7-28-8-6-15)17-4-3-16(26)9-18(17)20-11-29-12-22(31-20)35-2/h3-9,11-12,21H,10,13H2,1-2H3,(H2,27,30,32)/t21-/m1/s1. The first kappa shape index (κ1) is 22.3. The summed E-state index contributed by atoms with van der Waals surface area (Å²) in [5.74, 6) is -0.252. The molecule has 0 aliphatic carbocycles. The second-order valence-corrected chi connectivity index (χ2v) is 8.18. The van der Waals surface area contributed by atoms with Crippen molar-refractivity contribution in [3.8, 4) is 17.1 Å². The molecule has 2 N–H and O–H groups in total. The monoisotopic (exact) mass is 471 g/mol. The van der Waals surface area contributed by atoms with Crippen LogP contribution in [0.3, 0.4) is 0 Å². The van der Waals surface area contributed by atoms with Gasteiger partial charge < -0.3 is 15.4 Å². The first-order valence-electron chi connectivity index (χ1n) is 10.9. The number of nitrogen functional groups attached to an aromatic ring is 1. The van der Waals surface area contributed by atoms with E-state index in [9.17, 15) is 9.18 Å². The van der Waals surface area contributed by atoms with Crippen molar-refractivity contribution < 1.29 is 13.9 Å². The van der Waals surface area contributed by atoms with Crippen LogP contribution in [0.2, 0.25) is 0 Å². The highest BCUT2D eigenvalue weighted by atomic mass is 19.1. The Morgan fingerprint density at radius 1 is 1.11 bits per heavy atom. The molecule has 3 aromatic heterocycles. The van der Waals surface area contributed by atoms with Gasteiger partial charge in [0.15, 0.2) is 0 Å². The molecular formula is C25H22FN7O2. The van der Waals surface area contributed by atoms with Crippen molar-refractivity contribution in [2.24, 2.45) is 0 Å². The van der Waals surface area contributed by atoms with E-state index < -0.39 is 11.9 Å². The number of rotatable bonds is 5. The zero-order valence-corrected chi connectivity index (χ0v) is 19.1. The molecule has 1 aliphatic rings. The van der Waals surface area contributed by atoms with Gasteiger partial charge in [-0.05, 0) is 42.3 Å². The predicted molar refractivity (Wildman–Crippen MR) is 126 cm³/mol. The molecule has 0 spiro atoms. The van der Waals surface area contributed by atoms with Crippen LogP contribution < -0.4 is 10.5 Å². The van der Waals surface area contributed by atoms with Crippen molar-refractivity contribution in [1.29, 1.82) is 0 Å². The van der Waals surface area contributed by atoms with Crippen molar-refractivity contribution in [2.75, 3.05) is 12.8 Å². The molecule has 1 atom stereocenters. The molecule has 1 aliphatic heterocycles. The Labute approximate surface area is 200 Å². The molecule has 35 heavy (non-hydrogen) atoms. The quantitative estimate of drug-likeness (QED) is 0.471. The fourth-order valence-electron chi connectivity index (χ4n) is 4.42. The Hall–Kier alpha value is -4.47. The van der Waals surface area contributed by atoms with Crippen molar-refractivity contribution in [3.05, 3.63) is 89.0 Å². The number of benzene rings is 1. The van der Waals surface area contributed by atoms with Crippen molar-refractivity contribution in [3.63, 3.8) is 0 Å². The molecule has 1 aromatic carbocycles. The van der Waals surface area contributed by atoms with E-state index in [0.717, 1.165) is 5.56 Å². The van der Waals surface area contributed by atoms with Crippen molar-refractivity contribution >= 4 is 11.9 Å². The topological polar surface area (TPSA) is 120 Å². The number of hydrogen-bond acceptors (Lipinski definition) is 8. The van der Waals surface area contributed by atoms with Gasteiger partial charge in [-0.3, -0.25) is 14.8 Å². The van der Waals surface area contributed by atoms with Gasteiger partial charge in [-0.2, -0.15) is 0 Å². The van der Waals surface area contributed by atoms with Crippen molar-refractivity contribution in [2.45, 2.75) is 25.9 Å². The Morgan fingerprint density at radius 2 is 1.91 bits per heavy atom. The molecule has 1 amide bonds. The van der Waals surface area contributed by atoms with Crippen LogP contribution in [0, 0.1) is 12.7 Å². The SMILES string of the molecule is COc1cncc(-c2cc(F)ccc2[C@H]2Cc3nc(N)nc(C)c3C(=O)N2Cc2ccncc2)n1. The van der Waals surface area contributed by atoms with Gasteiger partial charge in [0.2, 0.25) is 11.8 Å². The zero-order valence-electron chi connectivity index (χ0n) is 19.1.